The van der Waals surface area contributed by atoms with Crippen molar-refractivity contribution in [3.8, 4) is 11.5 Å². The molecule has 1 aromatic carbocycles. The largest absolute Gasteiger partial charge is 0.497 e. The second kappa shape index (κ2) is 8.27. The van der Waals surface area contributed by atoms with Gasteiger partial charge >= 0.3 is 0 Å². The van der Waals surface area contributed by atoms with E-state index in [1.165, 1.54) is 0 Å². The Hall–Kier alpha value is -1.95. The number of hydrogen-bond donors (Lipinski definition) is 2. The molecule has 0 radical (unpaired) electrons. The molecule has 6 nitrogen and oxygen atoms in total. The Bertz CT molecular complexity index is 437. The van der Waals surface area contributed by atoms with Gasteiger partial charge in [-0.2, -0.15) is 0 Å². The summed E-state index contributed by atoms with van der Waals surface area (Å²) in [5.41, 5.74) is 0.739. The quantitative estimate of drug-likeness (QED) is 0.751. The SMILES string of the molecule is COCC(C)NC(=O)CNc1ccc(OC)cc1OC. The number of anilines is 1. The van der Waals surface area contributed by atoms with Crippen LogP contribution < -0.4 is 20.1 Å². The van der Waals surface area contributed by atoms with E-state index in [2.05, 4.69) is 10.6 Å². The topological polar surface area (TPSA) is 68.8 Å². The number of carbonyl (C=O) groups excluding carboxylic acids is 1. The van der Waals surface area contributed by atoms with Crippen LogP contribution in [0.25, 0.3) is 0 Å². The fraction of sp³-hybridized carbons (Fsp3) is 0.500. The zero-order valence-electron chi connectivity index (χ0n) is 12.4. The summed E-state index contributed by atoms with van der Waals surface area (Å²) >= 11 is 0. The van der Waals surface area contributed by atoms with Gasteiger partial charge in [0, 0.05) is 19.2 Å². The van der Waals surface area contributed by atoms with Crippen molar-refractivity contribution in [2.24, 2.45) is 0 Å². The third-order valence-corrected chi connectivity index (χ3v) is 2.67. The normalized spacial score (nSPS) is 11.6. The highest BCUT2D eigenvalue weighted by Crippen LogP contribution is 2.28. The van der Waals surface area contributed by atoms with Crippen molar-refractivity contribution in [1.29, 1.82) is 0 Å². The second-order valence-corrected chi connectivity index (χ2v) is 4.34. The van der Waals surface area contributed by atoms with Crippen molar-refractivity contribution in [1.82, 2.24) is 5.32 Å². The molecule has 0 bridgehead atoms. The van der Waals surface area contributed by atoms with Gasteiger partial charge in [0.2, 0.25) is 5.91 Å². The molecule has 1 unspecified atom stereocenters. The van der Waals surface area contributed by atoms with Crippen LogP contribution in [0.2, 0.25) is 0 Å². The molecular weight excluding hydrogens is 260 g/mol. The first-order valence-corrected chi connectivity index (χ1v) is 6.35. The molecule has 0 aliphatic carbocycles. The number of carbonyl (C=O) groups is 1. The number of nitrogens with one attached hydrogen (secondary N) is 2. The molecule has 2 N–H and O–H groups in total. The highest BCUT2D eigenvalue weighted by atomic mass is 16.5. The fourth-order valence-corrected chi connectivity index (χ4v) is 1.74. The monoisotopic (exact) mass is 282 g/mol. The molecule has 0 aromatic heterocycles. The van der Waals surface area contributed by atoms with Gasteiger partial charge in [-0.1, -0.05) is 0 Å². The van der Waals surface area contributed by atoms with Gasteiger partial charge in [0.15, 0.2) is 0 Å². The molecule has 0 aliphatic rings. The van der Waals surface area contributed by atoms with Crippen molar-refractivity contribution >= 4 is 11.6 Å². The lowest BCUT2D eigenvalue weighted by Crippen LogP contribution is -2.39. The smallest absolute Gasteiger partial charge is 0.239 e. The molecule has 1 rings (SSSR count). The zero-order chi connectivity index (χ0) is 15.0. The molecule has 1 atom stereocenters. The third-order valence-electron chi connectivity index (χ3n) is 2.67. The molecule has 112 valence electrons. The Morgan fingerprint density at radius 3 is 2.60 bits per heavy atom. The first-order valence-electron chi connectivity index (χ1n) is 6.35. The average Bonchev–Trinajstić information content (AvgIpc) is 2.45. The van der Waals surface area contributed by atoms with Crippen molar-refractivity contribution < 1.29 is 19.0 Å². The summed E-state index contributed by atoms with van der Waals surface area (Å²) in [6.07, 6.45) is 0. The first kappa shape index (κ1) is 16.1. The maximum atomic E-state index is 11.7. The van der Waals surface area contributed by atoms with Gasteiger partial charge in [0.1, 0.15) is 11.5 Å². The summed E-state index contributed by atoms with van der Waals surface area (Å²) < 4.78 is 15.3. The molecule has 0 spiro atoms. The van der Waals surface area contributed by atoms with Gasteiger partial charge in [-0.3, -0.25) is 4.79 Å². The summed E-state index contributed by atoms with van der Waals surface area (Å²) in [4.78, 5) is 11.7. The van der Waals surface area contributed by atoms with E-state index in [4.69, 9.17) is 14.2 Å². The molecule has 0 aliphatic heterocycles. The van der Waals surface area contributed by atoms with E-state index in [-0.39, 0.29) is 18.5 Å². The third kappa shape index (κ3) is 4.97. The zero-order valence-corrected chi connectivity index (χ0v) is 12.4. The molecule has 1 aromatic rings. The van der Waals surface area contributed by atoms with Crippen LogP contribution in [0.4, 0.5) is 5.69 Å². The van der Waals surface area contributed by atoms with Gasteiger partial charge in [-0.15, -0.1) is 0 Å². The van der Waals surface area contributed by atoms with E-state index in [1.54, 1.807) is 33.5 Å². The summed E-state index contributed by atoms with van der Waals surface area (Å²) in [7, 11) is 4.76. The minimum atomic E-state index is -0.104. The average molecular weight is 282 g/mol. The van der Waals surface area contributed by atoms with Crippen molar-refractivity contribution in [3.05, 3.63) is 18.2 Å². The lowest BCUT2D eigenvalue weighted by atomic mass is 10.2. The van der Waals surface area contributed by atoms with Crippen LogP contribution >= 0.6 is 0 Å². The lowest BCUT2D eigenvalue weighted by molar-refractivity contribution is -0.120. The highest BCUT2D eigenvalue weighted by Gasteiger charge is 2.09. The predicted molar refractivity (Wildman–Crippen MR) is 77.5 cm³/mol. The number of amides is 1. The number of methoxy groups -OCH3 is 3. The van der Waals surface area contributed by atoms with Gasteiger partial charge in [-0.25, -0.2) is 0 Å². The molecular formula is C14H22N2O4. The van der Waals surface area contributed by atoms with Gasteiger partial charge in [0.25, 0.3) is 0 Å². The Morgan fingerprint density at radius 2 is 2.00 bits per heavy atom. The summed E-state index contributed by atoms with van der Waals surface area (Å²) in [6.45, 7) is 2.53. The summed E-state index contributed by atoms with van der Waals surface area (Å²) in [5, 5.41) is 5.85. The van der Waals surface area contributed by atoms with E-state index in [0.29, 0.717) is 18.1 Å². The van der Waals surface area contributed by atoms with Crippen LogP contribution in [0, 0.1) is 0 Å². The molecule has 1 amide bonds. The number of benzene rings is 1. The Balaban J connectivity index is 2.54. The summed E-state index contributed by atoms with van der Waals surface area (Å²) in [6, 6.07) is 5.35. The van der Waals surface area contributed by atoms with Gasteiger partial charge in [-0.05, 0) is 19.1 Å². The molecule has 0 heterocycles. The van der Waals surface area contributed by atoms with E-state index in [0.717, 1.165) is 5.69 Å². The molecule has 6 heteroatoms. The molecule has 0 fully saturated rings. The standard InChI is InChI=1S/C14H22N2O4/c1-10(9-18-2)16-14(17)8-15-12-6-5-11(19-3)7-13(12)20-4/h5-7,10,15H,8-9H2,1-4H3,(H,16,17). The fourth-order valence-electron chi connectivity index (χ4n) is 1.74. The maximum absolute atomic E-state index is 11.7. The molecule has 0 saturated heterocycles. The lowest BCUT2D eigenvalue weighted by Gasteiger charge is -2.15. The van der Waals surface area contributed by atoms with Crippen LogP contribution in [-0.4, -0.2) is 46.4 Å². The van der Waals surface area contributed by atoms with E-state index in [1.807, 2.05) is 13.0 Å². The van der Waals surface area contributed by atoms with Crippen molar-refractivity contribution in [2.45, 2.75) is 13.0 Å². The number of hydrogen-bond acceptors (Lipinski definition) is 5. The van der Waals surface area contributed by atoms with Gasteiger partial charge in [0.05, 0.1) is 33.1 Å². The Kier molecular flexibility index (Phi) is 6.66. The van der Waals surface area contributed by atoms with Crippen molar-refractivity contribution in [2.75, 3.05) is 39.8 Å². The van der Waals surface area contributed by atoms with Crippen LogP contribution in [0.15, 0.2) is 18.2 Å². The van der Waals surface area contributed by atoms with Gasteiger partial charge < -0.3 is 24.8 Å². The summed E-state index contributed by atoms with van der Waals surface area (Å²) in [5.74, 6) is 1.22. The second-order valence-electron chi connectivity index (χ2n) is 4.34. The van der Waals surface area contributed by atoms with E-state index < -0.39 is 0 Å². The minimum Gasteiger partial charge on any atom is -0.497 e. The van der Waals surface area contributed by atoms with Crippen LogP contribution in [0.5, 0.6) is 11.5 Å². The first-order chi connectivity index (χ1) is 9.60. The van der Waals surface area contributed by atoms with Crippen LogP contribution in [0.3, 0.4) is 0 Å². The predicted octanol–water partition coefficient (Wildman–Crippen LogP) is 1.27. The molecule has 0 saturated carbocycles. The van der Waals surface area contributed by atoms with Crippen LogP contribution in [0.1, 0.15) is 6.92 Å². The van der Waals surface area contributed by atoms with Crippen LogP contribution in [-0.2, 0) is 9.53 Å². The number of rotatable bonds is 8. The Morgan fingerprint density at radius 1 is 1.25 bits per heavy atom. The maximum Gasteiger partial charge on any atom is 0.239 e. The van der Waals surface area contributed by atoms with E-state index in [9.17, 15) is 4.79 Å². The van der Waals surface area contributed by atoms with Crippen molar-refractivity contribution in [3.63, 3.8) is 0 Å². The molecule has 20 heavy (non-hydrogen) atoms. The highest BCUT2D eigenvalue weighted by molar-refractivity contribution is 5.81. The Labute approximate surface area is 119 Å². The van der Waals surface area contributed by atoms with E-state index >= 15 is 0 Å². The number of ether oxygens (including phenoxy) is 3. The minimum absolute atomic E-state index is 0.0212.